The topological polar surface area (TPSA) is 60.2 Å². The van der Waals surface area contributed by atoms with E-state index in [0.717, 1.165) is 42.3 Å². The maximum absolute atomic E-state index is 12.6. The van der Waals surface area contributed by atoms with Crippen molar-refractivity contribution in [1.82, 2.24) is 19.7 Å². The largest absolute Gasteiger partial charge is 0.480 e. The number of ether oxygens (including phenoxy) is 1. The van der Waals surface area contributed by atoms with E-state index in [0.29, 0.717) is 18.0 Å². The van der Waals surface area contributed by atoms with Crippen LogP contribution in [0.1, 0.15) is 23.6 Å². The van der Waals surface area contributed by atoms with Crippen molar-refractivity contribution in [3.8, 4) is 5.75 Å². The van der Waals surface area contributed by atoms with Gasteiger partial charge in [-0.25, -0.2) is 0 Å². The van der Waals surface area contributed by atoms with Crippen molar-refractivity contribution in [2.45, 2.75) is 38.5 Å². The molecule has 1 aromatic carbocycles. The minimum atomic E-state index is -0.491. The SMILES string of the molecule is CN(Cc1nnc2n1CCC2)C(=O)C1Cc2cc(Cl)ccc2O1. The first kappa shape index (κ1) is 14.5. The molecule has 2 aliphatic heterocycles. The fraction of sp³-hybridized carbons (Fsp3) is 0.438. The molecule has 23 heavy (non-hydrogen) atoms. The van der Waals surface area contributed by atoms with Crippen molar-refractivity contribution in [1.29, 1.82) is 0 Å². The van der Waals surface area contributed by atoms with E-state index in [1.807, 2.05) is 12.1 Å². The van der Waals surface area contributed by atoms with Crippen molar-refractivity contribution in [2.75, 3.05) is 7.05 Å². The Morgan fingerprint density at radius 2 is 2.35 bits per heavy atom. The molecule has 0 N–H and O–H groups in total. The zero-order valence-corrected chi connectivity index (χ0v) is 13.6. The summed E-state index contributed by atoms with van der Waals surface area (Å²) in [6.45, 7) is 1.38. The molecule has 0 radical (unpaired) electrons. The molecule has 2 aliphatic rings. The second-order valence-corrected chi connectivity index (χ2v) is 6.48. The highest BCUT2D eigenvalue weighted by Gasteiger charge is 2.32. The Morgan fingerprint density at radius 1 is 1.48 bits per heavy atom. The van der Waals surface area contributed by atoms with Crippen LogP contribution in [0.4, 0.5) is 0 Å². The smallest absolute Gasteiger partial charge is 0.264 e. The fourth-order valence-electron chi connectivity index (χ4n) is 3.22. The molecule has 1 unspecified atom stereocenters. The van der Waals surface area contributed by atoms with E-state index in [1.165, 1.54) is 0 Å². The van der Waals surface area contributed by atoms with Gasteiger partial charge in [0.1, 0.15) is 11.6 Å². The first-order chi connectivity index (χ1) is 11.1. The second kappa shape index (κ2) is 5.53. The van der Waals surface area contributed by atoms with Gasteiger partial charge >= 0.3 is 0 Å². The number of hydrogen-bond donors (Lipinski definition) is 0. The first-order valence-corrected chi connectivity index (χ1v) is 8.10. The maximum Gasteiger partial charge on any atom is 0.264 e. The van der Waals surface area contributed by atoms with Crippen LogP contribution < -0.4 is 4.74 Å². The molecule has 1 atom stereocenters. The molecule has 3 heterocycles. The number of carbonyl (C=O) groups excluding carboxylic acids is 1. The molecule has 0 spiro atoms. The van der Waals surface area contributed by atoms with Crippen LogP contribution in [0.2, 0.25) is 5.02 Å². The second-order valence-electron chi connectivity index (χ2n) is 6.04. The van der Waals surface area contributed by atoms with E-state index in [1.54, 1.807) is 18.0 Å². The fourth-order valence-corrected chi connectivity index (χ4v) is 3.41. The minimum Gasteiger partial charge on any atom is -0.480 e. The number of amides is 1. The van der Waals surface area contributed by atoms with Gasteiger partial charge in [-0.05, 0) is 30.2 Å². The molecule has 4 rings (SSSR count). The van der Waals surface area contributed by atoms with Crippen LogP contribution in [0.15, 0.2) is 18.2 Å². The minimum absolute atomic E-state index is 0.0485. The van der Waals surface area contributed by atoms with E-state index in [9.17, 15) is 4.79 Å². The molecule has 0 saturated heterocycles. The number of hydrogen-bond acceptors (Lipinski definition) is 4. The summed E-state index contributed by atoms with van der Waals surface area (Å²) < 4.78 is 7.87. The van der Waals surface area contributed by atoms with Crippen LogP contribution in [0.3, 0.4) is 0 Å². The highest BCUT2D eigenvalue weighted by Crippen LogP contribution is 2.31. The van der Waals surface area contributed by atoms with Crippen LogP contribution in [0, 0.1) is 0 Å². The Labute approximate surface area is 139 Å². The molecular formula is C16H17ClN4O2. The zero-order chi connectivity index (χ0) is 16.0. The average molecular weight is 333 g/mol. The predicted molar refractivity (Wildman–Crippen MR) is 84.4 cm³/mol. The molecule has 0 aliphatic carbocycles. The number of aryl methyl sites for hydroxylation is 1. The molecule has 0 bridgehead atoms. The number of likely N-dealkylation sites (N-methyl/N-ethyl adjacent to an activating group) is 1. The third-order valence-electron chi connectivity index (χ3n) is 4.41. The summed E-state index contributed by atoms with van der Waals surface area (Å²) in [5.74, 6) is 2.55. The lowest BCUT2D eigenvalue weighted by Crippen LogP contribution is -2.39. The van der Waals surface area contributed by atoms with Gasteiger partial charge in [0.2, 0.25) is 0 Å². The summed E-state index contributed by atoms with van der Waals surface area (Å²) >= 11 is 5.99. The Kier molecular flexibility index (Phi) is 3.49. The molecule has 7 heteroatoms. The lowest BCUT2D eigenvalue weighted by molar-refractivity contribution is -0.137. The summed E-state index contributed by atoms with van der Waals surface area (Å²) in [6, 6.07) is 5.45. The van der Waals surface area contributed by atoms with Crippen molar-refractivity contribution in [3.63, 3.8) is 0 Å². The van der Waals surface area contributed by atoms with Gasteiger partial charge in [0.15, 0.2) is 11.9 Å². The highest BCUT2D eigenvalue weighted by atomic mass is 35.5. The highest BCUT2D eigenvalue weighted by molar-refractivity contribution is 6.30. The maximum atomic E-state index is 12.6. The third-order valence-corrected chi connectivity index (χ3v) is 4.65. The third kappa shape index (κ3) is 2.57. The van der Waals surface area contributed by atoms with Gasteiger partial charge in [-0.2, -0.15) is 0 Å². The quantitative estimate of drug-likeness (QED) is 0.860. The Balaban J connectivity index is 1.45. The van der Waals surface area contributed by atoms with E-state index in [2.05, 4.69) is 14.8 Å². The van der Waals surface area contributed by atoms with E-state index in [-0.39, 0.29) is 5.91 Å². The molecule has 0 saturated carbocycles. The number of halogens is 1. The van der Waals surface area contributed by atoms with Gasteiger partial charge < -0.3 is 14.2 Å². The zero-order valence-electron chi connectivity index (χ0n) is 12.8. The van der Waals surface area contributed by atoms with Gasteiger partial charge in [-0.15, -0.1) is 10.2 Å². The summed E-state index contributed by atoms with van der Waals surface area (Å²) in [5, 5.41) is 9.04. The van der Waals surface area contributed by atoms with Gasteiger partial charge in [0, 0.05) is 31.5 Å². The molecule has 120 valence electrons. The molecule has 6 nitrogen and oxygen atoms in total. The lowest BCUT2D eigenvalue weighted by Gasteiger charge is -2.20. The number of aromatic nitrogens is 3. The Bertz CT molecular complexity index is 773. The molecule has 1 amide bonds. The van der Waals surface area contributed by atoms with Crippen molar-refractivity contribution in [3.05, 3.63) is 40.4 Å². The van der Waals surface area contributed by atoms with Crippen molar-refractivity contribution < 1.29 is 9.53 Å². The molecule has 2 aromatic rings. The predicted octanol–water partition coefficient (Wildman–Crippen LogP) is 1.84. The van der Waals surface area contributed by atoms with Crippen LogP contribution >= 0.6 is 11.6 Å². The number of rotatable bonds is 3. The molecule has 1 aromatic heterocycles. The molecule has 0 fully saturated rings. The number of benzene rings is 1. The summed E-state index contributed by atoms with van der Waals surface area (Å²) in [5.41, 5.74) is 0.979. The standard InChI is InChI=1S/C16H17ClN4O2/c1-20(9-15-19-18-14-3-2-6-21(14)15)16(22)13-8-10-7-11(17)4-5-12(10)23-13/h4-5,7,13H,2-3,6,8-9H2,1H3. The van der Waals surface area contributed by atoms with Crippen molar-refractivity contribution >= 4 is 17.5 Å². The monoisotopic (exact) mass is 332 g/mol. The van der Waals surface area contributed by atoms with Crippen LogP contribution in [0.25, 0.3) is 0 Å². The van der Waals surface area contributed by atoms with Crippen molar-refractivity contribution in [2.24, 2.45) is 0 Å². The van der Waals surface area contributed by atoms with Gasteiger partial charge in [0.05, 0.1) is 6.54 Å². The Hall–Kier alpha value is -2.08. The van der Waals surface area contributed by atoms with Crippen LogP contribution in [-0.4, -0.2) is 38.7 Å². The lowest BCUT2D eigenvalue weighted by atomic mass is 10.1. The summed E-state index contributed by atoms with van der Waals surface area (Å²) in [4.78, 5) is 14.3. The van der Waals surface area contributed by atoms with Gasteiger partial charge in [-0.3, -0.25) is 4.79 Å². The first-order valence-electron chi connectivity index (χ1n) is 7.73. The van der Waals surface area contributed by atoms with Gasteiger partial charge in [-0.1, -0.05) is 11.6 Å². The number of nitrogens with zero attached hydrogens (tertiary/aromatic N) is 4. The molecular weight excluding hydrogens is 316 g/mol. The van der Waals surface area contributed by atoms with E-state index >= 15 is 0 Å². The Morgan fingerprint density at radius 3 is 3.22 bits per heavy atom. The summed E-state index contributed by atoms with van der Waals surface area (Å²) in [6.07, 6.45) is 2.12. The number of fused-ring (bicyclic) bond motifs is 2. The van der Waals surface area contributed by atoms with E-state index in [4.69, 9.17) is 16.3 Å². The van der Waals surface area contributed by atoms with Crippen LogP contribution in [-0.2, 0) is 30.7 Å². The average Bonchev–Trinajstić information content (AvgIpc) is 3.22. The van der Waals surface area contributed by atoms with E-state index < -0.39 is 6.10 Å². The summed E-state index contributed by atoms with van der Waals surface area (Å²) in [7, 11) is 1.78. The number of carbonyl (C=O) groups is 1. The van der Waals surface area contributed by atoms with Gasteiger partial charge in [0.25, 0.3) is 5.91 Å². The van der Waals surface area contributed by atoms with Crippen LogP contribution in [0.5, 0.6) is 5.75 Å². The normalized spacial score (nSPS) is 18.4.